The van der Waals surface area contributed by atoms with E-state index in [-0.39, 0.29) is 5.91 Å². The Morgan fingerprint density at radius 2 is 2.21 bits per heavy atom. The van der Waals surface area contributed by atoms with Gasteiger partial charge >= 0.3 is 0 Å². The highest BCUT2D eigenvalue weighted by Crippen LogP contribution is 2.27. The van der Waals surface area contributed by atoms with Gasteiger partial charge in [-0.05, 0) is 45.6 Å². The number of carbonyl (C=O) groups is 1. The standard InChI is InChI=1S/C13H12BrClN2OS/c1-16-13(18)8-2-3-10(15)11(6-8)17-7-12-9(14)4-5-19-12/h2-6,17H,7H2,1H3,(H,16,18). The molecule has 0 unspecified atom stereocenters. The number of thiophene rings is 1. The lowest BCUT2D eigenvalue weighted by molar-refractivity contribution is 0.0963. The summed E-state index contributed by atoms with van der Waals surface area (Å²) in [5, 5.41) is 8.45. The van der Waals surface area contributed by atoms with Gasteiger partial charge in [0.25, 0.3) is 5.91 Å². The molecule has 0 aliphatic carbocycles. The predicted octanol–water partition coefficient (Wildman–Crippen LogP) is 4.14. The Morgan fingerprint density at radius 3 is 2.84 bits per heavy atom. The molecule has 1 aromatic carbocycles. The second-order valence-electron chi connectivity index (χ2n) is 3.82. The Bertz CT molecular complexity index is 600. The molecule has 6 heteroatoms. The van der Waals surface area contributed by atoms with Gasteiger partial charge in [-0.25, -0.2) is 0 Å². The molecule has 1 heterocycles. The van der Waals surface area contributed by atoms with E-state index in [4.69, 9.17) is 11.6 Å². The Kier molecular flexibility index (Phi) is 4.85. The average Bonchev–Trinajstić information content (AvgIpc) is 2.82. The van der Waals surface area contributed by atoms with Crippen LogP contribution in [-0.4, -0.2) is 13.0 Å². The molecule has 0 saturated heterocycles. The van der Waals surface area contributed by atoms with Gasteiger partial charge in [0.1, 0.15) is 0 Å². The van der Waals surface area contributed by atoms with E-state index in [0.29, 0.717) is 17.1 Å². The molecule has 3 nitrogen and oxygen atoms in total. The van der Waals surface area contributed by atoms with Crippen LogP contribution in [0.3, 0.4) is 0 Å². The fraction of sp³-hybridized carbons (Fsp3) is 0.154. The Hall–Kier alpha value is -1.04. The molecular weight excluding hydrogens is 348 g/mol. The molecule has 0 radical (unpaired) electrons. The van der Waals surface area contributed by atoms with Crippen molar-refractivity contribution in [2.45, 2.75) is 6.54 Å². The molecular formula is C13H12BrClN2OS. The number of carbonyl (C=O) groups excluding carboxylic acids is 1. The van der Waals surface area contributed by atoms with E-state index < -0.39 is 0 Å². The number of hydrogen-bond donors (Lipinski definition) is 2. The van der Waals surface area contributed by atoms with Crippen molar-refractivity contribution in [1.29, 1.82) is 0 Å². The van der Waals surface area contributed by atoms with Gasteiger partial charge in [0.15, 0.2) is 0 Å². The Morgan fingerprint density at radius 1 is 1.42 bits per heavy atom. The third-order valence-corrected chi connectivity index (χ3v) is 4.84. The zero-order valence-electron chi connectivity index (χ0n) is 10.2. The van der Waals surface area contributed by atoms with Crippen LogP contribution in [0.15, 0.2) is 34.1 Å². The van der Waals surface area contributed by atoms with Crippen molar-refractivity contribution in [2.24, 2.45) is 0 Å². The van der Waals surface area contributed by atoms with Crippen LogP contribution in [0.5, 0.6) is 0 Å². The fourth-order valence-electron chi connectivity index (χ4n) is 1.57. The van der Waals surface area contributed by atoms with E-state index in [2.05, 4.69) is 26.6 Å². The van der Waals surface area contributed by atoms with E-state index in [1.807, 2.05) is 11.4 Å². The topological polar surface area (TPSA) is 41.1 Å². The summed E-state index contributed by atoms with van der Waals surface area (Å²) < 4.78 is 1.07. The van der Waals surface area contributed by atoms with Crippen LogP contribution >= 0.6 is 38.9 Å². The van der Waals surface area contributed by atoms with Crippen LogP contribution < -0.4 is 10.6 Å². The number of hydrogen-bond acceptors (Lipinski definition) is 3. The maximum Gasteiger partial charge on any atom is 0.251 e. The highest BCUT2D eigenvalue weighted by molar-refractivity contribution is 9.10. The molecule has 0 saturated carbocycles. The van der Waals surface area contributed by atoms with Crippen molar-refractivity contribution in [1.82, 2.24) is 5.32 Å². The molecule has 0 bridgehead atoms. The van der Waals surface area contributed by atoms with Crippen molar-refractivity contribution in [3.63, 3.8) is 0 Å². The number of halogens is 2. The smallest absolute Gasteiger partial charge is 0.251 e. The van der Waals surface area contributed by atoms with Crippen molar-refractivity contribution < 1.29 is 4.79 Å². The number of amides is 1. The second-order valence-corrected chi connectivity index (χ2v) is 6.08. The van der Waals surface area contributed by atoms with E-state index in [1.165, 1.54) is 4.88 Å². The van der Waals surface area contributed by atoms with E-state index in [0.717, 1.165) is 10.2 Å². The molecule has 0 fully saturated rings. The lowest BCUT2D eigenvalue weighted by Crippen LogP contribution is -2.17. The monoisotopic (exact) mass is 358 g/mol. The van der Waals surface area contributed by atoms with Gasteiger partial charge in [-0.1, -0.05) is 11.6 Å². The van der Waals surface area contributed by atoms with Crippen molar-refractivity contribution in [3.05, 3.63) is 49.6 Å². The minimum atomic E-state index is -0.128. The predicted molar refractivity (Wildman–Crippen MR) is 84.2 cm³/mol. The number of benzene rings is 1. The first-order valence-corrected chi connectivity index (χ1v) is 7.64. The third-order valence-electron chi connectivity index (χ3n) is 2.59. The Balaban J connectivity index is 2.15. The number of nitrogens with one attached hydrogen (secondary N) is 2. The molecule has 2 aromatic rings. The number of anilines is 1. The minimum absolute atomic E-state index is 0.128. The van der Waals surface area contributed by atoms with Gasteiger partial charge in [-0.15, -0.1) is 11.3 Å². The summed E-state index contributed by atoms with van der Waals surface area (Å²) in [4.78, 5) is 12.8. The van der Waals surface area contributed by atoms with Gasteiger partial charge in [0.2, 0.25) is 0 Å². The van der Waals surface area contributed by atoms with E-state index >= 15 is 0 Å². The summed E-state index contributed by atoms with van der Waals surface area (Å²) in [5.74, 6) is -0.128. The molecule has 0 atom stereocenters. The van der Waals surface area contributed by atoms with Crippen LogP contribution in [-0.2, 0) is 6.54 Å². The summed E-state index contributed by atoms with van der Waals surface area (Å²) in [6.07, 6.45) is 0. The van der Waals surface area contributed by atoms with E-state index in [9.17, 15) is 4.79 Å². The zero-order chi connectivity index (χ0) is 13.8. The normalized spacial score (nSPS) is 10.3. The largest absolute Gasteiger partial charge is 0.379 e. The van der Waals surface area contributed by atoms with Crippen LogP contribution in [0.4, 0.5) is 5.69 Å². The molecule has 2 N–H and O–H groups in total. The second kappa shape index (κ2) is 6.41. The first-order chi connectivity index (χ1) is 9.11. The van der Waals surface area contributed by atoms with Gasteiger partial charge in [0.05, 0.1) is 17.3 Å². The van der Waals surface area contributed by atoms with Gasteiger partial charge < -0.3 is 10.6 Å². The quantitative estimate of drug-likeness (QED) is 0.861. The van der Waals surface area contributed by atoms with Crippen LogP contribution in [0.1, 0.15) is 15.2 Å². The lowest BCUT2D eigenvalue weighted by atomic mass is 10.2. The first kappa shape index (κ1) is 14.4. The first-order valence-electron chi connectivity index (χ1n) is 5.59. The maximum absolute atomic E-state index is 11.6. The third kappa shape index (κ3) is 3.49. The highest BCUT2D eigenvalue weighted by Gasteiger charge is 2.08. The fourth-order valence-corrected chi connectivity index (χ4v) is 3.19. The summed E-state index contributed by atoms with van der Waals surface area (Å²) >= 11 is 11.3. The van der Waals surface area contributed by atoms with Crippen molar-refractivity contribution >= 4 is 50.5 Å². The molecule has 100 valence electrons. The molecule has 0 aliphatic heterocycles. The van der Waals surface area contributed by atoms with Gasteiger partial charge in [-0.2, -0.15) is 0 Å². The molecule has 1 amide bonds. The zero-order valence-corrected chi connectivity index (χ0v) is 13.3. The lowest BCUT2D eigenvalue weighted by Gasteiger charge is -2.09. The summed E-state index contributed by atoms with van der Waals surface area (Å²) in [6.45, 7) is 0.662. The van der Waals surface area contributed by atoms with Gasteiger partial charge in [0, 0.05) is 22.0 Å². The highest BCUT2D eigenvalue weighted by atomic mass is 79.9. The molecule has 1 aromatic heterocycles. The Labute approximate surface area is 129 Å². The van der Waals surface area contributed by atoms with Crippen molar-refractivity contribution in [2.75, 3.05) is 12.4 Å². The average molecular weight is 360 g/mol. The van der Waals surface area contributed by atoms with Crippen molar-refractivity contribution in [3.8, 4) is 0 Å². The maximum atomic E-state index is 11.6. The molecule has 19 heavy (non-hydrogen) atoms. The van der Waals surface area contributed by atoms with E-state index in [1.54, 1.807) is 36.6 Å². The SMILES string of the molecule is CNC(=O)c1ccc(Cl)c(NCc2sccc2Br)c1. The van der Waals surface area contributed by atoms with Crippen LogP contribution in [0.2, 0.25) is 5.02 Å². The summed E-state index contributed by atoms with van der Waals surface area (Å²) in [5.41, 5.74) is 1.34. The van der Waals surface area contributed by atoms with Crippen LogP contribution in [0, 0.1) is 0 Å². The summed E-state index contributed by atoms with van der Waals surface area (Å²) in [7, 11) is 1.60. The molecule has 2 rings (SSSR count). The molecule has 0 spiro atoms. The van der Waals surface area contributed by atoms with Gasteiger partial charge in [-0.3, -0.25) is 4.79 Å². The molecule has 0 aliphatic rings. The van der Waals surface area contributed by atoms with Crippen LogP contribution in [0.25, 0.3) is 0 Å². The summed E-state index contributed by atoms with van der Waals surface area (Å²) in [6, 6.07) is 7.18. The minimum Gasteiger partial charge on any atom is -0.379 e. The number of rotatable bonds is 4.